The summed E-state index contributed by atoms with van der Waals surface area (Å²) in [7, 11) is 3.13. The molecule has 1 aromatic heterocycles. The van der Waals surface area contributed by atoms with Crippen LogP contribution in [0.3, 0.4) is 0 Å². The second kappa shape index (κ2) is 10.5. The molecule has 0 bridgehead atoms. The first-order chi connectivity index (χ1) is 16.9. The molecule has 1 aliphatic heterocycles. The van der Waals surface area contributed by atoms with Crippen LogP contribution in [0.4, 0.5) is 0 Å². The van der Waals surface area contributed by atoms with E-state index in [2.05, 4.69) is 4.99 Å². The number of ether oxygens (including phenoxy) is 3. The van der Waals surface area contributed by atoms with Crippen LogP contribution < -0.4 is 24.4 Å². The standard InChI is InChI=1S/C26H26N2O5S2/c1-6-33-25(30)21-15(2)27-26-28(22(21)16-10-12-18(34-5)13-11-16)24(29)20(35-26)14-17-8-7-9-19(31-3)23(17)32-4/h7-14,22H,6H2,1-5H3. The largest absolute Gasteiger partial charge is 0.493 e. The Morgan fingerprint density at radius 3 is 2.54 bits per heavy atom. The lowest BCUT2D eigenvalue weighted by Gasteiger charge is -2.24. The number of methoxy groups -OCH3 is 2. The lowest BCUT2D eigenvalue weighted by molar-refractivity contribution is -0.139. The number of nitrogens with zero attached hydrogens (tertiary/aromatic N) is 2. The highest BCUT2D eigenvalue weighted by atomic mass is 32.2. The van der Waals surface area contributed by atoms with E-state index < -0.39 is 12.0 Å². The van der Waals surface area contributed by atoms with Gasteiger partial charge in [-0.15, -0.1) is 11.8 Å². The summed E-state index contributed by atoms with van der Waals surface area (Å²) in [5, 5.41) is 0. The van der Waals surface area contributed by atoms with Crippen molar-refractivity contribution in [3.05, 3.63) is 84.5 Å². The van der Waals surface area contributed by atoms with Crippen LogP contribution in [0, 0.1) is 0 Å². The number of rotatable bonds is 7. The highest BCUT2D eigenvalue weighted by molar-refractivity contribution is 7.98. The molecule has 2 aromatic carbocycles. The second-order valence-electron chi connectivity index (χ2n) is 7.66. The van der Waals surface area contributed by atoms with Gasteiger partial charge in [0.25, 0.3) is 5.56 Å². The summed E-state index contributed by atoms with van der Waals surface area (Å²) in [5.74, 6) is 0.631. The summed E-state index contributed by atoms with van der Waals surface area (Å²) in [4.78, 5) is 33.0. The predicted molar refractivity (Wildman–Crippen MR) is 138 cm³/mol. The zero-order valence-corrected chi connectivity index (χ0v) is 21.8. The molecule has 35 heavy (non-hydrogen) atoms. The number of para-hydroxylation sites is 1. The first-order valence-electron chi connectivity index (χ1n) is 11.0. The third kappa shape index (κ3) is 4.66. The van der Waals surface area contributed by atoms with Crippen LogP contribution in [0.15, 0.2) is 68.4 Å². The molecule has 0 radical (unpaired) electrons. The number of allylic oxidation sites excluding steroid dienone is 1. The van der Waals surface area contributed by atoms with Crippen molar-refractivity contribution in [1.29, 1.82) is 0 Å². The quantitative estimate of drug-likeness (QED) is 0.357. The fourth-order valence-electron chi connectivity index (χ4n) is 4.06. The first-order valence-corrected chi connectivity index (χ1v) is 13.0. The molecule has 7 nitrogen and oxygen atoms in total. The summed E-state index contributed by atoms with van der Waals surface area (Å²) >= 11 is 2.89. The number of aromatic nitrogens is 1. The zero-order chi connectivity index (χ0) is 25.1. The van der Waals surface area contributed by atoms with Gasteiger partial charge in [0.15, 0.2) is 16.3 Å². The maximum Gasteiger partial charge on any atom is 0.338 e. The topological polar surface area (TPSA) is 79.1 Å². The van der Waals surface area contributed by atoms with E-state index >= 15 is 0 Å². The molecule has 0 spiro atoms. The molecule has 0 amide bonds. The van der Waals surface area contributed by atoms with Gasteiger partial charge in [0, 0.05) is 10.5 Å². The average Bonchev–Trinajstić information content (AvgIpc) is 3.17. The first kappa shape index (κ1) is 24.8. The Labute approximate surface area is 211 Å². The van der Waals surface area contributed by atoms with E-state index in [1.165, 1.54) is 11.3 Å². The van der Waals surface area contributed by atoms with Crippen molar-refractivity contribution in [2.75, 3.05) is 27.1 Å². The minimum atomic E-state index is -0.643. The van der Waals surface area contributed by atoms with E-state index in [1.54, 1.807) is 56.5 Å². The molecule has 4 rings (SSSR count). The van der Waals surface area contributed by atoms with Crippen molar-refractivity contribution in [3.8, 4) is 11.5 Å². The number of carbonyl (C=O) groups is 1. The number of carbonyl (C=O) groups excluding carboxylic acids is 1. The second-order valence-corrected chi connectivity index (χ2v) is 9.55. The number of thioether (sulfide) groups is 1. The highest BCUT2D eigenvalue weighted by Gasteiger charge is 2.33. The van der Waals surface area contributed by atoms with E-state index in [0.717, 1.165) is 10.5 Å². The molecule has 0 saturated heterocycles. The average molecular weight is 511 g/mol. The Hall–Kier alpha value is -3.30. The normalized spacial score (nSPS) is 15.5. The Balaban J connectivity index is 1.96. The van der Waals surface area contributed by atoms with E-state index in [1.807, 2.05) is 42.7 Å². The van der Waals surface area contributed by atoms with Gasteiger partial charge in [0.1, 0.15) is 0 Å². The molecule has 3 aromatic rings. The number of fused-ring (bicyclic) bond motifs is 1. The van der Waals surface area contributed by atoms with E-state index in [-0.39, 0.29) is 12.2 Å². The Morgan fingerprint density at radius 2 is 1.91 bits per heavy atom. The maximum absolute atomic E-state index is 13.7. The minimum Gasteiger partial charge on any atom is -0.493 e. The summed E-state index contributed by atoms with van der Waals surface area (Å²) in [6, 6.07) is 12.7. The van der Waals surface area contributed by atoms with Crippen molar-refractivity contribution < 1.29 is 19.0 Å². The van der Waals surface area contributed by atoms with Crippen LogP contribution in [-0.2, 0) is 9.53 Å². The van der Waals surface area contributed by atoms with Crippen LogP contribution in [0.25, 0.3) is 6.08 Å². The highest BCUT2D eigenvalue weighted by Crippen LogP contribution is 2.33. The van der Waals surface area contributed by atoms with Gasteiger partial charge in [-0.1, -0.05) is 35.6 Å². The molecule has 2 heterocycles. The van der Waals surface area contributed by atoms with Crippen molar-refractivity contribution in [3.63, 3.8) is 0 Å². The molecule has 1 atom stereocenters. The van der Waals surface area contributed by atoms with Crippen LogP contribution in [-0.4, -0.2) is 37.6 Å². The van der Waals surface area contributed by atoms with Gasteiger partial charge >= 0.3 is 5.97 Å². The molecular weight excluding hydrogens is 484 g/mol. The third-order valence-electron chi connectivity index (χ3n) is 5.67. The van der Waals surface area contributed by atoms with Gasteiger partial charge in [-0.2, -0.15) is 0 Å². The fourth-order valence-corrected chi connectivity index (χ4v) is 5.51. The number of hydrogen-bond donors (Lipinski definition) is 0. The molecule has 1 unspecified atom stereocenters. The molecule has 0 fully saturated rings. The van der Waals surface area contributed by atoms with Crippen molar-refractivity contribution >= 4 is 35.1 Å². The molecule has 0 N–H and O–H groups in total. The van der Waals surface area contributed by atoms with Crippen LogP contribution in [0.5, 0.6) is 11.5 Å². The minimum absolute atomic E-state index is 0.230. The summed E-state index contributed by atoms with van der Waals surface area (Å²) in [6.45, 7) is 3.76. The smallest absolute Gasteiger partial charge is 0.338 e. The molecule has 0 aliphatic carbocycles. The van der Waals surface area contributed by atoms with Crippen molar-refractivity contribution in [2.24, 2.45) is 4.99 Å². The number of hydrogen-bond acceptors (Lipinski definition) is 8. The molecule has 1 aliphatic rings. The zero-order valence-electron chi connectivity index (χ0n) is 20.2. The number of esters is 1. The molecule has 182 valence electrons. The van der Waals surface area contributed by atoms with Gasteiger partial charge < -0.3 is 14.2 Å². The molecule has 9 heteroatoms. The maximum atomic E-state index is 13.7. The van der Waals surface area contributed by atoms with Crippen molar-refractivity contribution in [2.45, 2.75) is 24.8 Å². The monoisotopic (exact) mass is 510 g/mol. The Kier molecular flexibility index (Phi) is 7.47. The molecule has 0 saturated carbocycles. The summed E-state index contributed by atoms with van der Waals surface area (Å²) < 4.78 is 18.3. The Bertz CT molecular complexity index is 1470. The SMILES string of the molecule is CCOC(=O)C1=C(C)N=c2sc(=Cc3cccc(OC)c3OC)c(=O)n2C1c1ccc(SC)cc1. The predicted octanol–water partition coefficient (Wildman–Crippen LogP) is 3.54. The van der Waals surface area contributed by atoms with Crippen molar-refractivity contribution in [1.82, 2.24) is 4.57 Å². The lowest BCUT2D eigenvalue weighted by Crippen LogP contribution is -2.39. The van der Waals surface area contributed by atoms with E-state index in [0.29, 0.717) is 37.7 Å². The van der Waals surface area contributed by atoms with Gasteiger partial charge in [-0.05, 0) is 49.9 Å². The van der Waals surface area contributed by atoms with Gasteiger partial charge in [0.2, 0.25) is 0 Å². The van der Waals surface area contributed by atoms with E-state index in [4.69, 9.17) is 14.2 Å². The fraction of sp³-hybridized carbons (Fsp3) is 0.269. The Morgan fingerprint density at radius 1 is 1.17 bits per heavy atom. The van der Waals surface area contributed by atoms with Crippen LogP contribution >= 0.6 is 23.1 Å². The summed E-state index contributed by atoms with van der Waals surface area (Å²) in [6.07, 6.45) is 3.77. The third-order valence-corrected chi connectivity index (χ3v) is 7.40. The van der Waals surface area contributed by atoms with Crippen LogP contribution in [0.2, 0.25) is 0 Å². The number of benzene rings is 2. The van der Waals surface area contributed by atoms with Gasteiger partial charge in [-0.25, -0.2) is 9.79 Å². The molecular formula is C26H26N2O5S2. The lowest BCUT2D eigenvalue weighted by atomic mass is 9.96. The summed E-state index contributed by atoms with van der Waals surface area (Å²) in [5.41, 5.74) is 2.17. The van der Waals surface area contributed by atoms with Gasteiger partial charge in [-0.3, -0.25) is 9.36 Å². The number of thiazole rings is 1. The van der Waals surface area contributed by atoms with Gasteiger partial charge in [0.05, 0.1) is 42.7 Å². The van der Waals surface area contributed by atoms with E-state index in [9.17, 15) is 9.59 Å². The van der Waals surface area contributed by atoms with Crippen LogP contribution in [0.1, 0.15) is 31.0 Å².